The van der Waals surface area contributed by atoms with Gasteiger partial charge in [0.25, 0.3) is 0 Å². The second-order valence-corrected chi connectivity index (χ2v) is 7.82. The molecule has 0 radical (unpaired) electrons. The minimum atomic E-state index is 0.602. The van der Waals surface area contributed by atoms with E-state index in [1.165, 1.54) is 11.1 Å². The van der Waals surface area contributed by atoms with Crippen LogP contribution in [-0.2, 0) is 22.7 Å². The van der Waals surface area contributed by atoms with Crippen LogP contribution in [0.1, 0.15) is 51.7 Å². The van der Waals surface area contributed by atoms with Gasteiger partial charge in [0.1, 0.15) is 0 Å². The fraction of sp³-hybridized carbons (Fsp3) is 0.429. The van der Waals surface area contributed by atoms with Gasteiger partial charge in [0, 0.05) is 13.2 Å². The van der Waals surface area contributed by atoms with E-state index >= 15 is 0 Å². The highest BCUT2D eigenvalue weighted by Gasteiger charge is 2.00. The van der Waals surface area contributed by atoms with Gasteiger partial charge in [-0.25, -0.2) is 0 Å². The van der Waals surface area contributed by atoms with Crippen LogP contribution in [0.5, 0.6) is 0 Å². The predicted octanol–water partition coefficient (Wildman–Crippen LogP) is 7.61. The van der Waals surface area contributed by atoms with Crippen LogP contribution in [0.15, 0.2) is 85.0 Å². The molecule has 0 amide bonds. The van der Waals surface area contributed by atoms with Crippen LogP contribution in [0.3, 0.4) is 0 Å². The average Bonchev–Trinajstić information content (AvgIpc) is 2.78. The van der Waals surface area contributed by atoms with Gasteiger partial charge in [0.2, 0.25) is 0 Å². The third-order valence-electron chi connectivity index (χ3n) is 4.58. The Morgan fingerprint density at radius 3 is 1.33 bits per heavy atom. The molecule has 0 spiro atoms. The van der Waals surface area contributed by atoms with E-state index in [1.807, 2.05) is 36.4 Å². The SMILES string of the molecule is CC=CCC(C)COCc1ccccc1.CC=CCC(C)COCc1ccccc1. The molecule has 2 atom stereocenters. The van der Waals surface area contributed by atoms with E-state index < -0.39 is 0 Å². The van der Waals surface area contributed by atoms with Gasteiger partial charge in [0.15, 0.2) is 0 Å². The first-order valence-electron chi connectivity index (χ1n) is 11.1. The van der Waals surface area contributed by atoms with Gasteiger partial charge in [-0.15, -0.1) is 0 Å². The van der Waals surface area contributed by atoms with Crippen molar-refractivity contribution < 1.29 is 9.47 Å². The van der Waals surface area contributed by atoms with Crippen molar-refractivity contribution in [3.8, 4) is 0 Å². The molecule has 0 saturated heterocycles. The zero-order valence-electron chi connectivity index (χ0n) is 19.3. The van der Waals surface area contributed by atoms with E-state index in [0.717, 1.165) is 39.3 Å². The zero-order chi connectivity index (χ0) is 21.9. The van der Waals surface area contributed by atoms with E-state index in [9.17, 15) is 0 Å². The van der Waals surface area contributed by atoms with E-state index in [0.29, 0.717) is 11.8 Å². The lowest BCUT2D eigenvalue weighted by Crippen LogP contribution is -2.04. The van der Waals surface area contributed by atoms with Gasteiger partial charge in [-0.2, -0.15) is 0 Å². The molecule has 2 heteroatoms. The molecule has 0 aliphatic rings. The molecular formula is C28H40O2. The molecule has 164 valence electrons. The van der Waals surface area contributed by atoms with Crippen molar-refractivity contribution in [2.75, 3.05) is 13.2 Å². The number of rotatable bonds is 12. The number of hydrogen-bond acceptors (Lipinski definition) is 2. The Morgan fingerprint density at radius 2 is 1.00 bits per heavy atom. The molecule has 2 aromatic rings. The first-order valence-corrected chi connectivity index (χ1v) is 11.1. The summed E-state index contributed by atoms with van der Waals surface area (Å²) in [6.45, 7) is 11.6. The molecule has 0 heterocycles. The topological polar surface area (TPSA) is 18.5 Å². The Hall–Kier alpha value is -2.16. The van der Waals surface area contributed by atoms with Crippen molar-refractivity contribution in [3.05, 3.63) is 96.1 Å². The largest absolute Gasteiger partial charge is 0.376 e. The van der Waals surface area contributed by atoms with E-state index in [1.54, 1.807) is 0 Å². The van der Waals surface area contributed by atoms with Crippen molar-refractivity contribution >= 4 is 0 Å². The number of ether oxygens (including phenoxy) is 2. The van der Waals surface area contributed by atoms with E-state index in [4.69, 9.17) is 9.47 Å². The second-order valence-electron chi connectivity index (χ2n) is 7.82. The average molecular weight is 409 g/mol. The molecule has 2 rings (SSSR count). The lowest BCUT2D eigenvalue weighted by molar-refractivity contribution is 0.0929. The summed E-state index contributed by atoms with van der Waals surface area (Å²) in [5.41, 5.74) is 2.49. The van der Waals surface area contributed by atoms with Crippen LogP contribution < -0.4 is 0 Å². The van der Waals surface area contributed by atoms with Crippen LogP contribution >= 0.6 is 0 Å². The van der Waals surface area contributed by atoms with E-state index in [2.05, 4.69) is 76.3 Å². The Balaban J connectivity index is 0.000000300. The zero-order valence-corrected chi connectivity index (χ0v) is 19.3. The van der Waals surface area contributed by atoms with Crippen molar-refractivity contribution in [1.29, 1.82) is 0 Å². The Morgan fingerprint density at radius 1 is 0.633 bits per heavy atom. The number of benzene rings is 2. The maximum atomic E-state index is 5.64. The first-order chi connectivity index (χ1) is 14.7. The summed E-state index contributed by atoms with van der Waals surface area (Å²) in [5, 5.41) is 0. The van der Waals surface area contributed by atoms with Crippen LogP contribution in [0, 0.1) is 11.8 Å². The summed E-state index contributed by atoms with van der Waals surface area (Å²) in [7, 11) is 0. The molecule has 0 bridgehead atoms. The van der Waals surface area contributed by atoms with E-state index in [-0.39, 0.29) is 0 Å². The predicted molar refractivity (Wildman–Crippen MR) is 129 cm³/mol. The van der Waals surface area contributed by atoms with Gasteiger partial charge >= 0.3 is 0 Å². The maximum absolute atomic E-state index is 5.64. The molecule has 30 heavy (non-hydrogen) atoms. The summed E-state index contributed by atoms with van der Waals surface area (Å²) in [6, 6.07) is 20.6. The molecule has 0 N–H and O–H groups in total. The van der Waals surface area contributed by atoms with Crippen molar-refractivity contribution in [3.63, 3.8) is 0 Å². The van der Waals surface area contributed by atoms with Crippen LogP contribution in [-0.4, -0.2) is 13.2 Å². The van der Waals surface area contributed by atoms with Crippen LogP contribution in [0.25, 0.3) is 0 Å². The smallest absolute Gasteiger partial charge is 0.0717 e. The minimum absolute atomic E-state index is 0.602. The third kappa shape index (κ3) is 13.9. The second kappa shape index (κ2) is 17.7. The Kier molecular flexibility index (Phi) is 15.2. The standard InChI is InChI=1S/2C14H20O/c2*1-3-4-8-13(2)11-15-12-14-9-6-5-7-10-14/h2*3-7,9-10,13H,8,11-12H2,1-2H3. The van der Waals surface area contributed by atoms with Crippen LogP contribution in [0.4, 0.5) is 0 Å². The highest BCUT2D eigenvalue weighted by molar-refractivity contribution is 5.14. The molecule has 0 aromatic heterocycles. The molecule has 2 aromatic carbocycles. The van der Waals surface area contributed by atoms with Crippen molar-refractivity contribution in [2.24, 2.45) is 11.8 Å². The van der Waals surface area contributed by atoms with Crippen LogP contribution in [0.2, 0.25) is 0 Å². The molecule has 0 aliphatic heterocycles. The molecule has 2 unspecified atom stereocenters. The van der Waals surface area contributed by atoms with Gasteiger partial charge in [-0.05, 0) is 49.7 Å². The molecular weight excluding hydrogens is 368 g/mol. The fourth-order valence-electron chi connectivity index (χ4n) is 2.78. The quantitative estimate of drug-likeness (QED) is 0.336. The molecule has 0 fully saturated rings. The van der Waals surface area contributed by atoms with Crippen molar-refractivity contribution in [2.45, 2.75) is 53.8 Å². The highest BCUT2D eigenvalue weighted by Crippen LogP contribution is 2.07. The van der Waals surface area contributed by atoms with Gasteiger partial charge in [-0.1, -0.05) is 98.8 Å². The molecule has 0 aliphatic carbocycles. The highest BCUT2D eigenvalue weighted by atomic mass is 16.5. The summed E-state index contributed by atoms with van der Waals surface area (Å²) >= 11 is 0. The summed E-state index contributed by atoms with van der Waals surface area (Å²) in [6.07, 6.45) is 10.8. The molecule has 2 nitrogen and oxygen atoms in total. The van der Waals surface area contributed by atoms with Crippen molar-refractivity contribution in [1.82, 2.24) is 0 Å². The monoisotopic (exact) mass is 408 g/mol. The van der Waals surface area contributed by atoms with Gasteiger partial charge in [0.05, 0.1) is 13.2 Å². The van der Waals surface area contributed by atoms with Gasteiger partial charge < -0.3 is 9.47 Å². The van der Waals surface area contributed by atoms with Gasteiger partial charge in [-0.3, -0.25) is 0 Å². The third-order valence-corrected chi connectivity index (χ3v) is 4.58. The minimum Gasteiger partial charge on any atom is -0.376 e. The Bertz CT molecular complexity index is 615. The normalized spacial score (nSPS) is 13.2. The number of allylic oxidation sites excluding steroid dienone is 4. The summed E-state index contributed by atoms with van der Waals surface area (Å²) < 4.78 is 11.3. The lowest BCUT2D eigenvalue weighted by Gasteiger charge is -2.09. The summed E-state index contributed by atoms with van der Waals surface area (Å²) in [5.74, 6) is 1.20. The Labute approximate surface area is 184 Å². The fourth-order valence-corrected chi connectivity index (χ4v) is 2.78. The summed E-state index contributed by atoms with van der Waals surface area (Å²) in [4.78, 5) is 0. The maximum Gasteiger partial charge on any atom is 0.0717 e. The lowest BCUT2D eigenvalue weighted by atomic mass is 10.1. The molecule has 0 saturated carbocycles. The number of hydrogen-bond donors (Lipinski definition) is 0. The first kappa shape index (κ1) is 25.9.